The van der Waals surface area contributed by atoms with E-state index in [0.29, 0.717) is 34.7 Å². The fraction of sp³-hybridized carbons (Fsp3) is 0.308. The van der Waals surface area contributed by atoms with Gasteiger partial charge in [-0.15, -0.1) is 6.58 Å². The van der Waals surface area contributed by atoms with E-state index in [-0.39, 0.29) is 12.1 Å². The lowest BCUT2D eigenvalue weighted by Gasteiger charge is -2.33. The lowest BCUT2D eigenvalue weighted by atomic mass is 10.2. The van der Waals surface area contributed by atoms with E-state index in [1.165, 1.54) is 10.9 Å². The zero-order chi connectivity index (χ0) is 26.9. The standard InChI is InChI=1S/C26H31N9O2S/c1-5-14-34-25(36)21-16-28-26(29-19-9-11-20(12-10-19)33-15-13-27-18(2)17-33)31-24(21)35(34)23-8-6-7-22(30-23)32-38(3,4)37/h5-12,16,18,27H,1,13-15,17H2,2-4H3,(H,28,29,31). The van der Waals surface area contributed by atoms with E-state index < -0.39 is 9.73 Å². The summed E-state index contributed by atoms with van der Waals surface area (Å²) < 4.78 is 19.5. The van der Waals surface area contributed by atoms with Crippen molar-refractivity contribution in [2.24, 2.45) is 4.36 Å². The highest BCUT2D eigenvalue weighted by Gasteiger charge is 2.19. The van der Waals surface area contributed by atoms with Crippen LogP contribution < -0.4 is 21.1 Å². The van der Waals surface area contributed by atoms with E-state index in [0.717, 1.165) is 31.0 Å². The third kappa shape index (κ3) is 5.46. The Hall–Kier alpha value is -4.03. The molecule has 12 heteroatoms. The number of aromatic nitrogens is 5. The molecule has 1 atom stereocenters. The van der Waals surface area contributed by atoms with Gasteiger partial charge >= 0.3 is 0 Å². The molecule has 1 unspecified atom stereocenters. The SMILES string of the molecule is C=CCn1c(=O)c2cnc(Nc3ccc(N4CCNC(C)C4)cc3)nc2n1-c1cccc(N=S(C)(C)=O)n1. The third-order valence-electron chi connectivity index (χ3n) is 6.08. The summed E-state index contributed by atoms with van der Waals surface area (Å²) in [6.45, 7) is 9.09. The van der Waals surface area contributed by atoms with Gasteiger partial charge in [0, 0.05) is 65.5 Å². The highest BCUT2D eigenvalue weighted by atomic mass is 32.2. The molecule has 1 aliphatic heterocycles. The van der Waals surface area contributed by atoms with Crippen molar-refractivity contribution in [3.8, 4) is 5.82 Å². The molecule has 3 aromatic heterocycles. The Morgan fingerprint density at radius 2 is 2.00 bits per heavy atom. The highest BCUT2D eigenvalue weighted by molar-refractivity contribution is 7.92. The first kappa shape index (κ1) is 25.6. The molecule has 1 fully saturated rings. The monoisotopic (exact) mass is 533 g/mol. The summed E-state index contributed by atoms with van der Waals surface area (Å²) in [5, 5.41) is 7.05. The second kappa shape index (κ2) is 10.4. The summed E-state index contributed by atoms with van der Waals surface area (Å²) in [6.07, 6.45) is 6.23. The molecule has 5 rings (SSSR count). The van der Waals surface area contributed by atoms with Gasteiger partial charge in [0.25, 0.3) is 5.56 Å². The Labute approximate surface area is 221 Å². The smallest absolute Gasteiger partial charge is 0.278 e. The van der Waals surface area contributed by atoms with Crippen molar-refractivity contribution in [2.75, 3.05) is 42.4 Å². The average molecular weight is 534 g/mol. The number of benzene rings is 1. The van der Waals surface area contributed by atoms with E-state index in [9.17, 15) is 9.00 Å². The van der Waals surface area contributed by atoms with Crippen LogP contribution in [0.2, 0.25) is 0 Å². The van der Waals surface area contributed by atoms with E-state index in [1.54, 1.807) is 41.5 Å². The molecule has 0 spiro atoms. The van der Waals surface area contributed by atoms with E-state index in [2.05, 4.69) is 60.5 Å². The Balaban J connectivity index is 1.51. The van der Waals surface area contributed by atoms with Crippen LogP contribution in [-0.4, -0.2) is 66.7 Å². The van der Waals surface area contributed by atoms with Crippen molar-refractivity contribution >= 4 is 43.9 Å². The van der Waals surface area contributed by atoms with Crippen molar-refractivity contribution in [2.45, 2.75) is 19.5 Å². The molecule has 0 amide bonds. The topological polar surface area (TPSA) is 122 Å². The third-order valence-corrected chi connectivity index (χ3v) is 6.71. The van der Waals surface area contributed by atoms with Crippen molar-refractivity contribution in [1.29, 1.82) is 0 Å². The number of allylic oxidation sites excluding steroid dienone is 1. The summed E-state index contributed by atoms with van der Waals surface area (Å²) in [5.41, 5.74) is 2.12. The van der Waals surface area contributed by atoms with Crippen molar-refractivity contribution in [3.63, 3.8) is 0 Å². The fourth-order valence-electron chi connectivity index (χ4n) is 4.47. The molecular formula is C26H31N9O2S. The first-order chi connectivity index (χ1) is 18.2. The minimum absolute atomic E-state index is 0.241. The number of anilines is 3. The average Bonchev–Trinajstić information content (AvgIpc) is 3.14. The van der Waals surface area contributed by atoms with Gasteiger partial charge in [0.2, 0.25) is 5.95 Å². The Bertz CT molecular complexity index is 1660. The van der Waals surface area contributed by atoms with Crippen LogP contribution in [0.25, 0.3) is 16.9 Å². The second-order valence-corrected chi connectivity index (χ2v) is 12.1. The summed E-state index contributed by atoms with van der Waals surface area (Å²) in [5.74, 6) is 1.07. The summed E-state index contributed by atoms with van der Waals surface area (Å²) in [6, 6.07) is 13.8. The van der Waals surface area contributed by atoms with Crippen LogP contribution >= 0.6 is 0 Å². The van der Waals surface area contributed by atoms with Crippen LogP contribution in [0.1, 0.15) is 6.92 Å². The normalized spacial score (nSPS) is 16.0. The summed E-state index contributed by atoms with van der Waals surface area (Å²) in [7, 11) is -2.41. The molecule has 4 aromatic rings. The molecule has 0 bridgehead atoms. The zero-order valence-corrected chi connectivity index (χ0v) is 22.5. The van der Waals surface area contributed by atoms with Crippen molar-refractivity contribution in [3.05, 3.63) is 71.7 Å². The number of pyridine rings is 1. The van der Waals surface area contributed by atoms with Crippen LogP contribution in [0.15, 0.2) is 70.5 Å². The van der Waals surface area contributed by atoms with Crippen LogP contribution in [0.3, 0.4) is 0 Å². The lowest BCUT2D eigenvalue weighted by molar-refractivity contribution is 0.485. The van der Waals surface area contributed by atoms with Gasteiger partial charge in [0.1, 0.15) is 5.39 Å². The van der Waals surface area contributed by atoms with E-state index in [1.807, 2.05) is 12.1 Å². The van der Waals surface area contributed by atoms with Crippen LogP contribution in [0.5, 0.6) is 0 Å². The fourth-order valence-corrected chi connectivity index (χ4v) is 5.02. The molecule has 0 radical (unpaired) electrons. The lowest BCUT2D eigenvalue weighted by Crippen LogP contribution is -2.49. The molecule has 1 aromatic carbocycles. The second-order valence-electron chi connectivity index (χ2n) is 9.52. The number of hydrogen-bond donors (Lipinski definition) is 2. The van der Waals surface area contributed by atoms with Crippen molar-refractivity contribution in [1.82, 2.24) is 29.6 Å². The number of fused-ring (bicyclic) bond motifs is 1. The number of nitrogens with one attached hydrogen (secondary N) is 2. The summed E-state index contributed by atoms with van der Waals surface area (Å²) in [4.78, 5) is 29.2. The molecular weight excluding hydrogens is 502 g/mol. The molecule has 4 heterocycles. The predicted molar refractivity (Wildman–Crippen MR) is 153 cm³/mol. The van der Waals surface area contributed by atoms with Crippen molar-refractivity contribution < 1.29 is 4.21 Å². The van der Waals surface area contributed by atoms with Crippen LogP contribution in [-0.2, 0) is 16.3 Å². The van der Waals surface area contributed by atoms with Gasteiger partial charge in [-0.25, -0.2) is 23.5 Å². The van der Waals surface area contributed by atoms with Gasteiger partial charge in [0.15, 0.2) is 17.3 Å². The quantitative estimate of drug-likeness (QED) is 0.348. The van der Waals surface area contributed by atoms with Gasteiger partial charge in [-0.1, -0.05) is 12.1 Å². The van der Waals surface area contributed by atoms with Gasteiger partial charge in [0.05, 0.1) is 6.54 Å². The number of rotatable bonds is 7. The molecule has 38 heavy (non-hydrogen) atoms. The first-order valence-corrected chi connectivity index (χ1v) is 14.6. The zero-order valence-electron chi connectivity index (χ0n) is 21.7. The Kier molecular flexibility index (Phi) is 7.00. The van der Waals surface area contributed by atoms with Gasteiger partial charge in [-0.05, 0) is 43.3 Å². The first-order valence-electron chi connectivity index (χ1n) is 12.3. The molecule has 11 nitrogen and oxygen atoms in total. The molecule has 198 valence electrons. The molecule has 2 N–H and O–H groups in total. The maximum absolute atomic E-state index is 13.2. The molecule has 1 aliphatic rings. The molecule has 0 aliphatic carbocycles. The number of hydrogen-bond acceptors (Lipinski definition) is 9. The summed E-state index contributed by atoms with van der Waals surface area (Å²) >= 11 is 0. The number of piperazine rings is 1. The van der Waals surface area contributed by atoms with Gasteiger partial charge in [-0.2, -0.15) is 9.35 Å². The van der Waals surface area contributed by atoms with Crippen LogP contribution in [0.4, 0.5) is 23.1 Å². The maximum Gasteiger partial charge on any atom is 0.278 e. The molecule has 0 saturated carbocycles. The Morgan fingerprint density at radius 3 is 2.71 bits per heavy atom. The molecule has 1 saturated heterocycles. The van der Waals surface area contributed by atoms with Crippen LogP contribution in [0, 0.1) is 0 Å². The maximum atomic E-state index is 13.2. The van der Waals surface area contributed by atoms with Gasteiger partial charge in [-0.3, -0.25) is 4.79 Å². The largest absolute Gasteiger partial charge is 0.369 e. The van der Waals surface area contributed by atoms with E-state index in [4.69, 9.17) is 0 Å². The minimum Gasteiger partial charge on any atom is -0.369 e. The van der Waals surface area contributed by atoms with E-state index >= 15 is 0 Å². The highest BCUT2D eigenvalue weighted by Crippen LogP contribution is 2.23. The van der Waals surface area contributed by atoms with Gasteiger partial charge < -0.3 is 15.5 Å². The predicted octanol–water partition coefficient (Wildman–Crippen LogP) is 3.06. The Morgan fingerprint density at radius 1 is 1.21 bits per heavy atom. The minimum atomic E-state index is -2.41. The number of nitrogens with zero attached hydrogens (tertiary/aromatic N) is 7.